The van der Waals surface area contributed by atoms with Gasteiger partial charge >= 0.3 is 6.09 Å². The highest BCUT2D eigenvalue weighted by Gasteiger charge is 2.46. The number of anilines is 1. The van der Waals surface area contributed by atoms with E-state index in [1.807, 2.05) is 24.3 Å². The van der Waals surface area contributed by atoms with Crippen molar-refractivity contribution in [2.75, 3.05) is 24.5 Å². The number of nitrogens with two attached hydrogens (primary N) is 1. The van der Waals surface area contributed by atoms with E-state index in [0.717, 1.165) is 37.2 Å². The molecule has 0 aliphatic carbocycles. The highest BCUT2D eigenvalue weighted by molar-refractivity contribution is 5.91. The zero-order chi connectivity index (χ0) is 13.3. The van der Waals surface area contributed by atoms with Crippen LogP contribution in [0.4, 0.5) is 10.5 Å². The smallest absolute Gasteiger partial charge is 0.415 e. The summed E-state index contributed by atoms with van der Waals surface area (Å²) in [6.07, 6.45) is 1.71. The molecule has 1 amide bonds. The third-order valence-electron chi connectivity index (χ3n) is 3.91. The standard InChI is InChI=1S/C14H19N3O2/c15-8-11-4-1-2-5-12(11)17-10-14(19-13(17)18)6-3-7-16-9-14/h1-2,4-5,16H,3,6-10,15H2. The van der Waals surface area contributed by atoms with Gasteiger partial charge in [0, 0.05) is 13.1 Å². The fourth-order valence-electron chi connectivity index (χ4n) is 2.92. The Labute approximate surface area is 112 Å². The van der Waals surface area contributed by atoms with Gasteiger partial charge < -0.3 is 15.8 Å². The molecule has 0 saturated carbocycles. The molecule has 2 aliphatic heterocycles. The molecule has 5 heteroatoms. The van der Waals surface area contributed by atoms with Gasteiger partial charge in [-0.2, -0.15) is 0 Å². The largest absolute Gasteiger partial charge is 0.439 e. The van der Waals surface area contributed by atoms with Crippen LogP contribution in [-0.2, 0) is 11.3 Å². The molecule has 2 saturated heterocycles. The molecule has 19 heavy (non-hydrogen) atoms. The van der Waals surface area contributed by atoms with Crippen LogP contribution >= 0.6 is 0 Å². The highest BCUT2D eigenvalue weighted by Crippen LogP contribution is 2.33. The summed E-state index contributed by atoms with van der Waals surface area (Å²) in [6, 6.07) is 7.74. The Morgan fingerprint density at radius 3 is 3.00 bits per heavy atom. The molecule has 3 N–H and O–H groups in total. The van der Waals surface area contributed by atoms with Crippen LogP contribution in [0.25, 0.3) is 0 Å². The van der Waals surface area contributed by atoms with Crippen LogP contribution in [0.5, 0.6) is 0 Å². The quantitative estimate of drug-likeness (QED) is 0.840. The average molecular weight is 261 g/mol. The molecule has 1 unspecified atom stereocenters. The van der Waals surface area contributed by atoms with E-state index in [0.29, 0.717) is 13.1 Å². The predicted molar refractivity (Wildman–Crippen MR) is 73.0 cm³/mol. The molecule has 0 bridgehead atoms. The lowest BCUT2D eigenvalue weighted by Gasteiger charge is -2.31. The maximum absolute atomic E-state index is 12.2. The van der Waals surface area contributed by atoms with Crippen LogP contribution in [0.1, 0.15) is 18.4 Å². The summed E-state index contributed by atoms with van der Waals surface area (Å²) in [7, 11) is 0. The minimum absolute atomic E-state index is 0.260. The van der Waals surface area contributed by atoms with E-state index in [-0.39, 0.29) is 11.7 Å². The van der Waals surface area contributed by atoms with E-state index in [1.165, 1.54) is 0 Å². The lowest BCUT2D eigenvalue weighted by atomic mass is 9.94. The van der Waals surface area contributed by atoms with Crippen molar-refractivity contribution >= 4 is 11.8 Å². The summed E-state index contributed by atoms with van der Waals surface area (Å²) < 4.78 is 5.64. The normalized spacial score (nSPS) is 26.8. The van der Waals surface area contributed by atoms with E-state index in [2.05, 4.69) is 5.32 Å². The molecule has 0 radical (unpaired) electrons. The van der Waals surface area contributed by atoms with Crippen molar-refractivity contribution in [1.29, 1.82) is 0 Å². The van der Waals surface area contributed by atoms with E-state index >= 15 is 0 Å². The Bertz CT molecular complexity index is 483. The summed E-state index contributed by atoms with van der Waals surface area (Å²) in [4.78, 5) is 13.9. The molecule has 1 aromatic carbocycles. The Balaban J connectivity index is 1.87. The number of carbonyl (C=O) groups is 1. The molecule has 1 atom stereocenters. The Morgan fingerprint density at radius 2 is 2.26 bits per heavy atom. The second kappa shape index (κ2) is 4.83. The lowest BCUT2D eigenvalue weighted by Crippen LogP contribution is -2.48. The second-order valence-corrected chi connectivity index (χ2v) is 5.25. The molecular formula is C14H19N3O2. The molecule has 3 rings (SSSR count). The number of ether oxygens (including phenoxy) is 1. The molecular weight excluding hydrogens is 242 g/mol. The number of carbonyl (C=O) groups excluding carboxylic acids is 1. The van der Waals surface area contributed by atoms with Crippen LogP contribution in [0, 0.1) is 0 Å². The number of hydrogen-bond acceptors (Lipinski definition) is 4. The Kier molecular flexibility index (Phi) is 3.16. The van der Waals surface area contributed by atoms with Crippen molar-refractivity contribution < 1.29 is 9.53 Å². The molecule has 1 aromatic rings. The van der Waals surface area contributed by atoms with Gasteiger partial charge in [0.1, 0.15) is 5.60 Å². The van der Waals surface area contributed by atoms with Crippen LogP contribution in [-0.4, -0.2) is 31.3 Å². The van der Waals surface area contributed by atoms with Crippen LogP contribution in [0.15, 0.2) is 24.3 Å². The Morgan fingerprint density at radius 1 is 1.42 bits per heavy atom. The van der Waals surface area contributed by atoms with Crippen molar-refractivity contribution in [2.24, 2.45) is 5.73 Å². The molecule has 5 nitrogen and oxygen atoms in total. The van der Waals surface area contributed by atoms with Crippen molar-refractivity contribution in [3.8, 4) is 0 Å². The number of hydrogen-bond donors (Lipinski definition) is 2. The number of rotatable bonds is 2. The highest BCUT2D eigenvalue weighted by atomic mass is 16.6. The van der Waals surface area contributed by atoms with Crippen LogP contribution in [0.2, 0.25) is 0 Å². The third kappa shape index (κ3) is 2.19. The van der Waals surface area contributed by atoms with E-state index in [4.69, 9.17) is 10.5 Å². The zero-order valence-corrected chi connectivity index (χ0v) is 10.9. The van der Waals surface area contributed by atoms with Gasteiger partial charge in [-0.05, 0) is 31.0 Å². The first-order chi connectivity index (χ1) is 9.24. The van der Waals surface area contributed by atoms with Gasteiger partial charge in [-0.25, -0.2) is 4.79 Å². The summed E-state index contributed by atoms with van der Waals surface area (Å²) >= 11 is 0. The van der Waals surface area contributed by atoms with Gasteiger partial charge in [-0.15, -0.1) is 0 Å². The summed E-state index contributed by atoms with van der Waals surface area (Å²) in [6.45, 7) is 2.76. The molecule has 2 aliphatic rings. The third-order valence-corrected chi connectivity index (χ3v) is 3.91. The minimum Gasteiger partial charge on any atom is -0.439 e. The van der Waals surface area contributed by atoms with Crippen molar-refractivity contribution in [3.05, 3.63) is 29.8 Å². The molecule has 102 valence electrons. The monoisotopic (exact) mass is 261 g/mol. The Hall–Kier alpha value is -1.59. The van der Waals surface area contributed by atoms with Gasteiger partial charge in [-0.3, -0.25) is 4.90 Å². The number of piperidine rings is 1. The number of benzene rings is 1. The predicted octanol–water partition coefficient (Wildman–Crippen LogP) is 1.22. The average Bonchev–Trinajstić information content (AvgIpc) is 2.76. The van der Waals surface area contributed by atoms with Crippen LogP contribution < -0.4 is 16.0 Å². The van der Waals surface area contributed by atoms with E-state index in [1.54, 1.807) is 4.90 Å². The van der Waals surface area contributed by atoms with Crippen LogP contribution in [0.3, 0.4) is 0 Å². The number of para-hydroxylation sites is 1. The number of nitrogens with zero attached hydrogens (tertiary/aromatic N) is 1. The molecule has 2 fully saturated rings. The first-order valence-corrected chi connectivity index (χ1v) is 6.73. The summed E-state index contributed by atoms with van der Waals surface area (Å²) in [5, 5.41) is 3.31. The first kappa shape index (κ1) is 12.4. The van der Waals surface area contributed by atoms with E-state index < -0.39 is 0 Å². The summed E-state index contributed by atoms with van der Waals surface area (Å²) in [5.41, 5.74) is 7.22. The minimum atomic E-state index is -0.364. The van der Waals surface area contributed by atoms with Crippen molar-refractivity contribution in [3.63, 3.8) is 0 Å². The number of amides is 1. The van der Waals surface area contributed by atoms with Crippen molar-refractivity contribution in [1.82, 2.24) is 5.32 Å². The second-order valence-electron chi connectivity index (χ2n) is 5.25. The maximum atomic E-state index is 12.2. The fourth-order valence-corrected chi connectivity index (χ4v) is 2.92. The topological polar surface area (TPSA) is 67.6 Å². The maximum Gasteiger partial charge on any atom is 0.415 e. The lowest BCUT2D eigenvalue weighted by molar-refractivity contribution is 0.0366. The fraction of sp³-hybridized carbons (Fsp3) is 0.500. The van der Waals surface area contributed by atoms with Gasteiger partial charge in [0.05, 0.1) is 12.2 Å². The van der Waals surface area contributed by atoms with Crippen molar-refractivity contribution in [2.45, 2.75) is 25.0 Å². The summed E-state index contributed by atoms with van der Waals surface area (Å²) in [5.74, 6) is 0. The van der Waals surface area contributed by atoms with Gasteiger partial charge in [0.25, 0.3) is 0 Å². The zero-order valence-electron chi connectivity index (χ0n) is 10.9. The SMILES string of the molecule is NCc1ccccc1N1CC2(CCCNC2)OC1=O. The van der Waals surface area contributed by atoms with Gasteiger partial charge in [-0.1, -0.05) is 18.2 Å². The molecule has 0 aromatic heterocycles. The first-order valence-electron chi connectivity index (χ1n) is 6.73. The van der Waals surface area contributed by atoms with Gasteiger partial charge in [0.15, 0.2) is 0 Å². The van der Waals surface area contributed by atoms with E-state index in [9.17, 15) is 4.79 Å². The number of nitrogens with one attached hydrogen (secondary N) is 1. The van der Waals surface area contributed by atoms with Gasteiger partial charge in [0.2, 0.25) is 0 Å². The molecule has 2 heterocycles. The molecule has 1 spiro atoms.